The highest BCUT2D eigenvalue weighted by atomic mass is 16.5. The van der Waals surface area contributed by atoms with E-state index in [-0.39, 0.29) is 5.95 Å². The Labute approximate surface area is 105 Å². The van der Waals surface area contributed by atoms with Gasteiger partial charge in [-0.25, -0.2) is 0 Å². The molecule has 1 aromatic heterocycles. The SMILES string of the molecule is COCc1ccccc1Nc1cc(N)nc(N)n1. The number of aromatic nitrogens is 2. The van der Waals surface area contributed by atoms with E-state index in [0.29, 0.717) is 18.2 Å². The van der Waals surface area contributed by atoms with Gasteiger partial charge in [-0.05, 0) is 6.07 Å². The summed E-state index contributed by atoms with van der Waals surface area (Å²) in [6.45, 7) is 0.513. The average molecular weight is 245 g/mol. The van der Waals surface area contributed by atoms with E-state index in [1.54, 1.807) is 13.2 Å². The van der Waals surface area contributed by atoms with Crippen LogP contribution in [0, 0.1) is 0 Å². The van der Waals surface area contributed by atoms with Crippen molar-refractivity contribution in [2.75, 3.05) is 23.9 Å². The summed E-state index contributed by atoms with van der Waals surface area (Å²) in [5.74, 6) is 1.03. The molecule has 94 valence electrons. The minimum Gasteiger partial charge on any atom is -0.383 e. The first-order valence-electron chi connectivity index (χ1n) is 5.43. The highest BCUT2D eigenvalue weighted by Crippen LogP contribution is 2.21. The van der Waals surface area contributed by atoms with Crippen LogP contribution in [0.3, 0.4) is 0 Å². The van der Waals surface area contributed by atoms with E-state index in [1.807, 2.05) is 24.3 Å². The second kappa shape index (κ2) is 5.33. The quantitative estimate of drug-likeness (QED) is 0.755. The van der Waals surface area contributed by atoms with Crippen molar-refractivity contribution in [1.29, 1.82) is 0 Å². The lowest BCUT2D eigenvalue weighted by atomic mass is 10.2. The molecule has 6 heteroatoms. The number of benzene rings is 1. The van der Waals surface area contributed by atoms with E-state index >= 15 is 0 Å². The van der Waals surface area contributed by atoms with Crippen molar-refractivity contribution in [3.05, 3.63) is 35.9 Å². The van der Waals surface area contributed by atoms with E-state index in [0.717, 1.165) is 11.3 Å². The first-order valence-corrected chi connectivity index (χ1v) is 5.43. The molecule has 0 spiro atoms. The van der Waals surface area contributed by atoms with Crippen LogP contribution >= 0.6 is 0 Å². The van der Waals surface area contributed by atoms with Gasteiger partial charge in [-0.3, -0.25) is 0 Å². The fraction of sp³-hybridized carbons (Fsp3) is 0.167. The Morgan fingerprint density at radius 1 is 1.22 bits per heavy atom. The third-order valence-corrected chi connectivity index (χ3v) is 2.34. The van der Waals surface area contributed by atoms with Gasteiger partial charge < -0.3 is 21.5 Å². The fourth-order valence-corrected chi connectivity index (χ4v) is 1.61. The van der Waals surface area contributed by atoms with Crippen LogP contribution in [0.5, 0.6) is 0 Å². The molecule has 2 rings (SSSR count). The molecule has 6 nitrogen and oxygen atoms in total. The Bertz CT molecular complexity index is 523. The van der Waals surface area contributed by atoms with Gasteiger partial charge in [0.1, 0.15) is 11.6 Å². The van der Waals surface area contributed by atoms with Gasteiger partial charge in [-0.2, -0.15) is 9.97 Å². The number of anilines is 4. The second-order valence-electron chi connectivity index (χ2n) is 3.75. The largest absolute Gasteiger partial charge is 0.383 e. The van der Waals surface area contributed by atoms with Crippen molar-refractivity contribution in [3.8, 4) is 0 Å². The van der Waals surface area contributed by atoms with Gasteiger partial charge in [0.2, 0.25) is 5.95 Å². The van der Waals surface area contributed by atoms with Crippen LogP contribution in [0.1, 0.15) is 5.56 Å². The number of nitrogens with zero attached hydrogens (tertiary/aromatic N) is 2. The monoisotopic (exact) mass is 245 g/mol. The van der Waals surface area contributed by atoms with Crippen LogP contribution in [0.15, 0.2) is 30.3 Å². The number of nitrogen functional groups attached to an aromatic ring is 2. The molecule has 0 atom stereocenters. The summed E-state index contributed by atoms with van der Waals surface area (Å²) in [6.07, 6.45) is 0. The molecule has 0 amide bonds. The maximum absolute atomic E-state index is 5.61. The Morgan fingerprint density at radius 3 is 2.72 bits per heavy atom. The number of para-hydroxylation sites is 1. The molecule has 0 saturated carbocycles. The predicted molar refractivity (Wildman–Crippen MR) is 71.3 cm³/mol. The summed E-state index contributed by atoms with van der Waals surface area (Å²) in [4.78, 5) is 7.88. The summed E-state index contributed by atoms with van der Waals surface area (Å²) in [5.41, 5.74) is 13.1. The molecule has 1 heterocycles. The first kappa shape index (κ1) is 12.1. The summed E-state index contributed by atoms with van der Waals surface area (Å²) in [6, 6.07) is 9.40. The Morgan fingerprint density at radius 2 is 2.00 bits per heavy atom. The van der Waals surface area contributed by atoms with Gasteiger partial charge in [0, 0.05) is 24.4 Å². The molecular weight excluding hydrogens is 230 g/mol. The van der Waals surface area contributed by atoms with Gasteiger partial charge in [0.25, 0.3) is 0 Å². The molecule has 5 N–H and O–H groups in total. The summed E-state index contributed by atoms with van der Waals surface area (Å²) < 4.78 is 5.13. The van der Waals surface area contributed by atoms with E-state index in [9.17, 15) is 0 Å². The van der Waals surface area contributed by atoms with Crippen molar-refractivity contribution in [2.24, 2.45) is 0 Å². The molecule has 0 aliphatic heterocycles. The Balaban J connectivity index is 2.27. The zero-order valence-electron chi connectivity index (χ0n) is 10.1. The van der Waals surface area contributed by atoms with Crippen molar-refractivity contribution in [3.63, 3.8) is 0 Å². The van der Waals surface area contributed by atoms with Crippen LogP contribution in [0.25, 0.3) is 0 Å². The third kappa shape index (κ3) is 2.86. The molecule has 1 aromatic carbocycles. The summed E-state index contributed by atoms with van der Waals surface area (Å²) in [5, 5.41) is 3.15. The van der Waals surface area contributed by atoms with Crippen molar-refractivity contribution < 1.29 is 4.74 Å². The standard InChI is InChI=1S/C12H15N5O/c1-18-7-8-4-2-3-5-9(8)15-11-6-10(13)16-12(14)17-11/h2-6H,7H2,1H3,(H5,13,14,15,16,17). The molecular formula is C12H15N5O. The average Bonchev–Trinajstić information content (AvgIpc) is 2.30. The first-order chi connectivity index (χ1) is 8.69. The topological polar surface area (TPSA) is 99.1 Å². The molecule has 0 saturated heterocycles. The molecule has 0 aliphatic rings. The lowest BCUT2D eigenvalue weighted by Gasteiger charge is -2.11. The molecule has 0 aliphatic carbocycles. The number of methoxy groups -OCH3 is 1. The van der Waals surface area contributed by atoms with Crippen LogP contribution in [-0.4, -0.2) is 17.1 Å². The number of nitrogens with one attached hydrogen (secondary N) is 1. The summed E-state index contributed by atoms with van der Waals surface area (Å²) in [7, 11) is 1.65. The molecule has 0 bridgehead atoms. The van der Waals surface area contributed by atoms with Gasteiger partial charge in [0.05, 0.1) is 6.61 Å². The van der Waals surface area contributed by atoms with E-state index < -0.39 is 0 Å². The zero-order chi connectivity index (χ0) is 13.0. The highest BCUT2D eigenvalue weighted by molar-refractivity contribution is 5.63. The van der Waals surface area contributed by atoms with Crippen molar-refractivity contribution in [1.82, 2.24) is 9.97 Å². The minimum atomic E-state index is 0.140. The minimum absolute atomic E-state index is 0.140. The van der Waals surface area contributed by atoms with Crippen molar-refractivity contribution >= 4 is 23.3 Å². The van der Waals surface area contributed by atoms with Crippen LogP contribution in [0.4, 0.5) is 23.3 Å². The lowest BCUT2D eigenvalue weighted by Crippen LogP contribution is -2.04. The zero-order valence-corrected chi connectivity index (χ0v) is 10.1. The summed E-state index contributed by atoms with van der Waals surface area (Å²) >= 11 is 0. The maximum atomic E-state index is 5.61. The lowest BCUT2D eigenvalue weighted by molar-refractivity contribution is 0.185. The molecule has 18 heavy (non-hydrogen) atoms. The van der Waals surface area contributed by atoms with Crippen LogP contribution < -0.4 is 16.8 Å². The Hall–Kier alpha value is -2.34. The number of hydrogen-bond acceptors (Lipinski definition) is 6. The van der Waals surface area contributed by atoms with Crippen molar-refractivity contribution in [2.45, 2.75) is 6.61 Å². The number of rotatable bonds is 4. The van der Waals surface area contributed by atoms with Gasteiger partial charge in [-0.15, -0.1) is 0 Å². The van der Waals surface area contributed by atoms with Gasteiger partial charge >= 0.3 is 0 Å². The third-order valence-electron chi connectivity index (χ3n) is 2.34. The number of nitrogens with two attached hydrogens (primary N) is 2. The fourth-order valence-electron chi connectivity index (χ4n) is 1.61. The van der Waals surface area contributed by atoms with Crippen LogP contribution in [0.2, 0.25) is 0 Å². The second-order valence-corrected chi connectivity index (χ2v) is 3.75. The van der Waals surface area contributed by atoms with E-state index in [2.05, 4.69) is 15.3 Å². The molecule has 0 radical (unpaired) electrons. The van der Waals surface area contributed by atoms with Gasteiger partial charge in [-0.1, -0.05) is 18.2 Å². The molecule has 0 fully saturated rings. The number of hydrogen-bond donors (Lipinski definition) is 3. The maximum Gasteiger partial charge on any atom is 0.223 e. The van der Waals surface area contributed by atoms with Crippen LogP contribution in [-0.2, 0) is 11.3 Å². The number of ether oxygens (including phenoxy) is 1. The Kier molecular flexibility index (Phi) is 3.59. The van der Waals surface area contributed by atoms with E-state index in [4.69, 9.17) is 16.2 Å². The highest BCUT2D eigenvalue weighted by Gasteiger charge is 2.04. The van der Waals surface area contributed by atoms with E-state index in [1.165, 1.54) is 0 Å². The predicted octanol–water partition coefficient (Wildman–Crippen LogP) is 1.53. The van der Waals surface area contributed by atoms with Gasteiger partial charge in [0.15, 0.2) is 0 Å². The molecule has 0 unspecified atom stereocenters. The smallest absolute Gasteiger partial charge is 0.223 e. The molecule has 2 aromatic rings. The normalized spacial score (nSPS) is 10.3.